The summed E-state index contributed by atoms with van der Waals surface area (Å²) < 4.78 is 13.3. The lowest BCUT2D eigenvalue weighted by Gasteiger charge is -2.14. The Morgan fingerprint density at radius 3 is 2.38 bits per heavy atom. The maximum absolute atomic E-state index is 13.3. The van der Waals surface area contributed by atoms with Crippen molar-refractivity contribution in [1.29, 1.82) is 0 Å². The molecule has 26 heavy (non-hydrogen) atoms. The van der Waals surface area contributed by atoms with Crippen LogP contribution in [0.1, 0.15) is 24.5 Å². The number of benzene rings is 2. The highest BCUT2D eigenvalue weighted by Crippen LogP contribution is 2.31. The zero-order chi connectivity index (χ0) is 18.8. The van der Waals surface area contributed by atoms with Gasteiger partial charge < -0.3 is 5.32 Å². The van der Waals surface area contributed by atoms with Gasteiger partial charge in [-0.05, 0) is 48.7 Å². The molecule has 0 radical (unpaired) electrons. The number of carbonyl (C=O) groups excluding carboxylic acids is 2. The third kappa shape index (κ3) is 3.35. The van der Waals surface area contributed by atoms with Crippen LogP contribution in [0.5, 0.6) is 0 Å². The van der Waals surface area contributed by atoms with Crippen LogP contribution < -0.4 is 5.32 Å². The van der Waals surface area contributed by atoms with Crippen LogP contribution in [-0.4, -0.2) is 23.3 Å². The van der Waals surface area contributed by atoms with Gasteiger partial charge in [-0.3, -0.25) is 14.5 Å². The standard InChI is InChI=1S/C20H18ClFN2O2/c1-3-10-24-19(25)17(13-5-7-14(22)8-6-13)18(20(24)26)23-15-9-4-12(2)16(21)11-15/h4-9,11,23H,3,10H2,1-2H3. The van der Waals surface area contributed by atoms with E-state index in [0.29, 0.717) is 29.2 Å². The van der Waals surface area contributed by atoms with E-state index in [1.807, 2.05) is 19.9 Å². The van der Waals surface area contributed by atoms with Gasteiger partial charge in [0.1, 0.15) is 11.5 Å². The Balaban J connectivity index is 2.07. The van der Waals surface area contributed by atoms with Crippen LogP contribution in [-0.2, 0) is 9.59 Å². The third-order valence-corrected chi connectivity index (χ3v) is 4.60. The highest BCUT2D eigenvalue weighted by molar-refractivity contribution is 6.36. The van der Waals surface area contributed by atoms with Crippen LogP contribution in [0.25, 0.3) is 5.57 Å². The van der Waals surface area contributed by atoms with Crippen LogP contribution in [0.15, 0.2) is 48.2 Å². The minimum absolute atomic E-state index is 0.176. The second-order valence-corrected chi connectivity index (χ2v) is 6.51. The molecule has 0 spiro atoms. The van der Waals surface area contributed by atoms with E-state index in [1.54, 1.807) is 12.1 Å². The van der Waals surface area contributed by atoms with Crippen LogP contribution >= 0.6 is 11.6 Å². The summed E-state index contributed by atoms with van der Waals surface area (Å²) in [6, 6.07) is 10.8. The first-order valence-corrected chi connectivity index (χ1v) is 8.69. The first-order valence-electron chi connectivity index (χ1n) is 8.32. The number of halogens is 2. The molecule has 4 nitrogen and oxygen atoms in total. The quantitative estimate of drug-likeness (QED) is 0.792. The topological polar surface area (TPSA) is 49.4 Å². The van der Waals surface area contributed by atoms with Gasteiger partial charge >= 0.3 is 0 Å². The number of aryl methyl sites for hydroxylation is 1. The van der Waals surface area contributed by atoms with Crippen LogP contribution in [0, 0.1) is 12.7 Å². The number of imide groups is 1. The van der Waals surface area contributed by atoms with Crippen LogP contribution in [0.4, 0.5) is 10.1 Å². The SMILES string of the molecule is CCCN1C(=O)C(Nc2ccc(C)c(Cl)c2)=C(c2ccc(F)cc2)C1=O. The summed E-state index contributed by atoms with van der Waals surface area (Å²) in [5.74, 6) is -1.19. The largest absolute Gasteiger partial charge is 0.350 e. The molecule has 2 aromatic rings. The summed E-state index contributed by atoms with van der Waals surface area (Å²) in [5.41, 5.74) is 2.42. The number of carbonyl (C=O) groups is 2. The molecular weight excluding hydrogens is 355 g/mol. The van der Waals surface area contributed by atoms with Gasteiger partial charge in [-0.1, -0.05) is 36.7 Å². The smallest absolute Gasteiger partial charge is 0.278 e. The van der Waals surface area contributed by atoms with Crippen molar-refractivity contribution in [3.8, 4) is 0 Å². The summed E-state index contributed by atoms with van der Waals surface area (Å²) in [5, 5.41) is 3.59. The molecule has 1 aliphatic rings. The van der Waals surface area contributed by atoms with E-state index < -0.39 is 11.7 Å². The van der Waals surface area contributed by atoms with Crippen molar-refractivity contribution in [2.24, 2.45) is 0 Å². The molecule has 0 atom stereocenters. The van der Waals surface area contributed by atoms with Gasteiger partial charge in [-0.15, -0.1) is 0 Å². The Bertz CT molecular complexity index is 907. The van der Waals surface area contributed by atoms with Crippen LogP contribution in [0.2, 0.25) is 5.02 Å². The van der Waals surface area contributed by atoms with E-state index in [4.69, 9.17) is 11.6 Å². The number of hydrogen-bond acceptors (Lipinski definition) is 3. The molecule has 0 saturated heterocycles. The molecule has 0 aliphatic carbocycles. The van der Waals surface area contributed by atoms with E-state index >= 15 is 0 Å². The monoisotopic (exact) mass is 372 g/mol. The minimum Gasteiger partial charge on any atom is -0.350 e. The van der Waals surface area contributed by atoms with Gasteiger partial charge in [0.05, 0.1) is 5.57 Å². The van der Waals surface area contributed by atoms with Gasteiger partial charge in [-0.2, -0.15) is 0 Å². The first kappa shape index (κ1) is 18.1. The molecule has 1 aliphatic heterocycles. The Labute approximate surface area is 156 Å². The number of nitrogens with one attached hydrogen (secondary N) is 1. The molecule has 3 rings (SSSR count). The Hall–Kier alpha value is -2.66. The first-order chi connectivity index (χ1) is 12.4. The summed E-state index contributed by atoms with van der Waals surface area (Å²) >= 11 is 6.15. The number of nitrogens with zero attached hydrogens (tertiary/aromatic N) is 1. The highest BCUT2D eigenvalue weighted by Gasteiger charge is 2.38. The van der Waals surface area contributed by atoms with E-state index in [0.717, 1.165) is 5.56 Å². The van der Waals surface area contributed by atoms with Crippen molar-refractivity contribution in [1.82, 2.24) is 4.90 Å². The van der Waals surface area contributed by atoms with E-state index in [-0.39, 0.29) is 17.2 Å². The van der Waals surface area contributed by atoms with Crippen molar-refractivity contribution < 1.29 is 14.0 Å². The van der Waals surface area contributed by atoms with Crippen molar-refractivity contribution in [3.63, 3.8) is 0 Å². The molecule has 0 saturated carbocycles. The predicted molar refractivity (Wildman–Crippen MR) is 100 cm³/mol. The molecule has 0 unspecified atom stereocenters. The van der Waals surface area contributed by atoms with E-state index in [2.05, 4.69) is 5.32 Å². The summed E-state index contributed by atoms with van der Waals surface area (Å²) in [6.45, 7) is 4.09. The number of amides is 2. The molecule has 0 bridgehead atoms. The van der Waals surface area contributed by atoms with E-state index in [9.17, 15) is 14.0 Å². The Morgan fingerprint density at radius 1 is 1.08 bits per heavy atom. The maximum Gasteiger partial charge on any atom is 0.278 e. The average Bonchev–Trinajstić information content (AvgIpc) is 2.84. The molecule has 0 aromatic heterocycles. The van der Waals surface area contributed by atoms with Gasteiger partial charge in [-0.25, -0.2) is 4.39 Å². The van der Waals surface area contributed by atoms with Gasteiger partial charge in [0.25, 0.3) is 11.8 Å². The van der Waals surface area contributed by atoms with Gasteiger partial charge in [0.2, 0.25) is 0 Å². The molecule has 0 fully saturated rings. The lowest BCUT2D eigenvalue weighted by Crippen LogP contribution is -2.33. The molecular formula is C20H18ClFN2O2. The Kier molecular flexibility index (Phi) is 5.09. The zero-order valence-electron chi connectivity index (χ0n) is 14.5. The van der Waals surface area contributed by atoms with E-state index in [1.165, 1.54) is 29.2 Å². The predicted octanol–water partition coefficient (Wildman–Crippen LogP) is 4.39. The summed E-state index contributed by atoms with van der Waals surface area (Å²) in [6.07, 6.45) is 0.651. The molecule has 2 amide bonds. The fraction of sp³-hybridized carbons (Fsp3) is 0.200. The minimum atomic E-state index is -0.406. The lowest BCUT2D eigenvalue weighted by molar-refractivity contribution is -0.136. The van der Waals surface area contributed by atoms with Crippen molar-refractivity contribution in [2.75, 3.05) is 11.9 Å². The second kappa shape index (κ2) is 7.30. The number of hydrogen-bond donors (Lipinski definition) is 1. The Morgan fingerprint density at radius 2 is 1.77 bits per heavy atom. The average molecular weight is 373 g/mol. The summed E-state index contributed by atoms with van der Waals surface area (Å²) in [7, 11) is 0. The molecule has 134 valence electrons. The lowest BCUT2D eigenvalue weighted by atomic mass is 10.0. The molecule has 1 heterocycles. The van der Waals surface area contributed by atoms with Crippen LogP contribution in [0.3, 0.4) is 0 Å². The van der Waals surface area contributed by atoms with Gasteiger partial charge in [0, 0.05) is 17.3 Å². The zero-order valence-corrected chi connectivity index (χ0v) is 15.2. The molecule has 6 heteroatoms. The molecule has 2 aromatic carbocycles. The number of anilines is 1. The normalized spacial score (nSPS) is 14.4. The van der Waals surface area contributed by atoms with Crippen molar-refractivity contribution >= 4 is 34.7 Å². The summed E-state index contributed by atoms with van der Waals surface area (Å²) in [4.78, 5) is 26.8. The van der Waals surface area contributed by atoms with Gasteiger partial charge in [0.15, 0.2) is 0 Å². The second-order valence-electron chi connectivity index (χ2n) is 6.11. The third-order valence-electron chi connectivity index (χ3n) is 4.19. The fourth-order valence-electron chi connectivity index (χ4n) is 2.82. The fourth-order valence-corrected chi connectivity index (χ4v) is 3.00. The molecule has 1 N–H and O–H groups in total. The maximum atomic E-state index is 13.3. The highest BCUT2D eigenvalue weighted by atomic mass is 35.5. The number of rotatable bonds is 5. The van der Waals surface area contributed by atoms with Crippen molar-refractivity contribution in [2.45, 2.75) is 20.3 Å². The van der Waals surface area contributed by atoms with Crippen molar-refractivity contribution in [3.05, 3.63) is 70.1 Å².